The number of hydrogen-bond donors (Lipinski definition) is 2. The lowest BCUT2D eigenvalue weighted by Gasteiger charge is -1.71. The van der Waals surface area contributed by atoms with E-state index in [1.165, 1.54) is 0 Å². The third-order valence-corrected chi connectivity index (χ3v) is 1.16. The quantitative estimate of drug-likeness (QED) is 0.560. The van der Waals surface area contributed by atoms with Crippen LogP contribution in [0.5, 0.6) is 0 Å². The van der Waals surface area contributed by atoms with Crippen LogP contribution in [0.1, 0.15) is 0 Å². The second-order valence-corrected chi connectivity index (χ2v) is 2.16. The van der Waals surface area contributed by atoms with Crippen LogP contribution < -0.4 is 5.73 Å². The van der Waals surface area contributed by atoms with E-state index in [9.17, 15) is 9.59 Å². The third kappa shape index (κ3) is 24.6. The molecule has 0 fully saturated rings. The van der Waals surface area contributed by atoms with Gasteiger partial charge >= 0.3 is 5.97 Å². The Hall–Kier alpha value is -0.0400. The smallest absolute Gasteiger partial charge is 0.313 e. The number of amides is 1. The van der Waals surface area contributed by atoms with E-state index in [1.54, 1.807) is 22.6 Å². The standard InChI is InChI=1S/C2H4ClNO.C2H3IO2/c2*3-1-2(4)5/h1H2,(H2,4,5);1H2,(H,4,5). The highest BCUT2D eigenvalue weighted by molar-refractivity contribution is 14.1. The lowest BCUT2D eigenvalue weighted by molar-refractivity contribution is -0.133. The van der Waals surface area contributed by atoms with Crippen molar-refractivity contribution in [3.63, 3.8) is 0 Å². The van der Waals surface area contributed by atoms with Crippen molar-refractivity contribution in [3.8, 4) is 0 Å². The third-order valence-electron chi connectivity index (χ3n) is 0.246. The number of carboxylic acid groups (broad SMARTS) is 1. The molecule has 4 nitrogen and oxygen atoms in total. The molecule has 1 amide bonds. The van der Waals surface area contributed by atoms with Gasteiger partial charge in [0.15, 0.2) is 0 Å². The van der Waals surface area contributed by atoms with Crippen molar-refractivity contribution in [1.29, 1.82) is 0 Å². The lowest BCUT2D eigenvalue weighted by Crippen LogP contribution is -2.10. The summed E-state index contributed by atoms with van der Waals surface area (Å²) in [4.78, 5) is 18.8. The molecule has 0 aromatic heterocycles. The molecule has 3 N–H and O–H groups in total. The Bertz CT molecular complexity index is 105. The zero-order valence-electron chi connectivity index (χ0n) is 5.01. The molecule has 0 rings (SSSR count). The Kier molecular flexibility index (Phi) is 11.3. The van der Waals surface area contributed by atoms with E-state index in [1.807, 2.05) is 0 Å². The van der Waals surface area contributed by atoms with Crippen molar-refractivity contribution in [2.75, 3.05) is 10.3 Å². The SMILES string of the molecule is NC(=O)CCl.O=C(O)CI. The normalized spacial score (nSPS) is 7.40. The molecule has 60 valence electrons. The van der Waals surface area contributed by atoms with Crippen molar-refractivity contribution >= 4 is 46.1 Å². The molecule has 6 heteroatoms. The van der Waals surface area contributed by atoms with E-state index in [4.69, 9.17) is 16.7 Å². The predicted molar refractivity (Wildman–Crippen MR) is 46.4 cm³/mol. The molecule has 0 saturated heterocycles. The first-order chi connectivity index (χ1) is 4.54. The van der Waals surface area contributed by atoms with Crippen LogP contribution in [0, 0.1) is 0 Å². The minimum atomic E-state index is -0.759. The first kappa shape index (κ1) is 12.6. The summed E-state index contributed by atoms with van der Waals surface area (Å²) in [6, 6.07) is 0. The van der Waals surface area contributed by atoms with Gasteiger partial charge in [0.1, 0.15) is 5.88 Å². The molecule has 0 unspecified atom stereocenters. The molecule has 0 saturated carbocycles. The molecule has 0 aliphatic heterocycles. The molecular formula is C4H7ClINO3. The van der Waals surface area contributed by atoms with Gasteiger partial charge in [0.2, 0.25) is 5.91 Å². The number of primary amides is 1. The fraction of sp³-hybridized carbons (Fsp3) is 0.500. The predicted octanol–water partition coefficient (Wildman–Crippen LogP) is 0.216. The second-order valence-electron chi connectivity index (χ2n) is 1.13. The zero-order chi connectivity index (χ0) is 8.57. The van der Waals surface area contributed by atoms with Crippen LogP contribution >= 0.6 is 34.2 Å². The van der Waals surface area contributed by atoms with Gasteiger partial charge in [-0.1, -0.05) is 22.6 Å². The molecule has 0 aromatic carbocycles. The number of rotatable bonds is 2. The summed E-state index contributed by atoms with van der Waals surface area (Å²) in [5.74, 6) is -1.32. The minimum absolute atomic E-state index is 0.0833. The van der Waals surface area contributed by atoms with Crippen LogP contribution in [-0.4, -0.2) is 27.3 Å². The van der Waals surface area contributed by atoms with Crippen LogP contribution in [-0.2, 0) is 9.59 Å². The number of halogens is 2. The highest BCUT2D eigenvalue weighted by Gasteiger charge is 1.82. The zero-order valence-corrected chi connectivity index (χ0v) is 7.92. The highest BCUT2D eigenvalue weighted by Crippen LogP contribution is 1.75. The van der Waals surface area contributed by atoms with Gasteiger partial charge in [-0.3, -0.25) is 9.59 Å². The molecule has 10 heavy (non-hydrogen) atoms. The highest BCUT2D eigenvalue weighted by atomic mass is 127. The summed E-state index contributed by atoms with van der Waals surface area (Å²) in [5, 5.41) is 7.71. The van der Waals surface area contributed by atoms with Gasteiger partial charge in [0.25, 0.3) is 0 Å². The van der Waals surface area contributed by atoms with Gasteiger partial charge in [-0.15, -0.1) is 11.6 Å². The van der Waals surface area contributed by atoms with Gasteiger partial charge in [-0.05, 0) is 0 Å². The van der Waals surface area contributed by atoms with E-state index < -0.39 is 11.9 Å². The largest absolute Gasteiger partial charge is 0.481 e. The number of carboxylic acids is 1. The molecular weight excluding hydrogens is 272 g/mol. The molecule has 0 bridgehead atoms. The summed E-state index contributed by atoms with van der Waals surface area (Å²) in [7, 11) is 0. The summed E-state index contributed by atoms with van der Waals surface area (Å²) in [6.45, 7) is 0. The van der Waals surface area contributed by atoms with Crippen LogP contribution in [0.3, 0.4) is 0 Å². The molecule has 0 heterocycles. The van der Waals surface area contributed by atoms with Crippen molar-refractivity contribution in [1.82, 2.24) is 0 Å². The molecule has 0 aliphatic carbocycles. The lowest BCUT2D eigenvalue weighted by atomic mass is 10.8. The monoisotopic (exact) mass is 279 g/mol. The van der Waals surface area contributed by atoms with Gasteiger partial charge in [-0.2, -0.15) is 0 Å². The molecule has 0 spiro atoms. The van der Waals surface area contributed by atoms with Crippen LogP contribution in [0.2, 0.25) is 0 Å². The van der Waals surface area contributed by atoms with Gasteiger partial charge in [-0.25, -0.2) is 0 Å². The summed E-state index contributed by atoms with van der Waals surface area (Å²) >= 11 is 6.64. The first-order valence-electron chi connectivity index (χ1n) is 2.16. The Labute approximate surface area is 76.9 Å². The number of hydrogen-bond acceptors (Lipinski definition) is 2. The van der Waals surface area contributed by atoms with Crippen molar-refractivity contribution in [2.45, 2.75) is 0 Å². The van der Waals surface area contributed by atoms with E-state index in [2.05, 4.69) is 5.73 Å². The number of carbonyl (C=O) groups excluding carboxylic acids is 1. The van der Waals surface area contributed by atoms with Crippen molar-refractivity contribution in [3.05, 3.63) is 0 Å². The first-order valence-corrected chi connectivity index (χ1v) is 4.22. The minimum Gasteiger partial charge on any atom is -0.481 e. The van der Waals surface area contributed by atoms with Crippen LogP contribution in [0.25, 0.3) is 0 Å². The second kappa shape index (κ2) is 8.96. The summed E-state index contributed by atoms with van der Waals surface area (Å²) < 4.78 is 0.192. The fourth-order valence-corrected chi connectivity index (χ4v) is 0. The number of carbonyl (C=O) groups is 2. The number of nitrogens with two attached hydrogens (primary N) is 1. The Morgan fingerprint density at radius 2 is 1.80 bits per heavy atom. The van der Waals surface area contributed by atoms with Crippen LogP contribution in [0.15, 0.2) is 0 Å². The Morgan fingerprint density at radius 1 is 1.60 bits per heavy atom. The summed E-state index contributed by atoms with van der Waals surface area (Å²) in [5.41, 5.74) is 4.52. The molecule has 0 aromatic rings. The van der Waals surface area contributed by atoms with E-state index in [-0.39, 0.29) is 10.3 Å². The fourth-order valence-electron chi connectivity index (χ4n) is 0. The van der Waals surface area contributed by atoms with Crippen molar-refractivity contribution < 1.29 is 14.7 Å². The molecule has 0 atom stereocenters. The topological polar surface area (TPSA) is 80.4 Å². The van der Waals surface area contributed by atoms with Gasteiger partial charge < -0.3 is 10.8 Å². The number of alkyl halides is 2. The molecule has 0 aliphatic rings. The van der Waals surface area contributed by atoms with Crippen LogP contribution in [0.4, 0.5) is 0 Å². The number of aliphatic carboxylic acids is 1. The maximum Gasteiger partial charge on any atom is 0.313 e. The van der Waals surface area contributed by atoms with Crippen molar-refractivity contribution in [2.24, 2.45) is 5.73 Å². The Balaban J connectivity index is 0. The van der Waals surface area contributed by atoms with E-state index in [0.29, 0.717) is 0 Å². The summed E-state index contributed by atoms with van der Waals surface area (Å²) in [6.07, 6.45) is 0. The maximum absolute atomic E-state index is 9.46. The van der Waals surface area contributed by atoms with E-state index >= 15 is 0 Å². The van der Waals surface area contributed by atoms with Gasteiger partial charge in [0.05, 0.1) is 4.43 Å². The van der Waals surface area contributed by atoms with Gasteiger partial charge in [0, 0.05) is 0 Å². The average Bonchev–Trinajstić information content (AvgIpc) is 1.89. The Morgan fingerprint density at radius 3 is 1.80 bits per heavy atom. The van der Waals surface area contributed by atoms with E-state index in [0.717, 1.165) is 0 Å². The maximum atomic E-state index is 9.46. The molecule has 0 radical (unpaired) electrons. The average molecular weight is 279 g/mol.